The molecular weight excluding hydrogens is 473 g/mol. The summed E-state index contributed by atoms with van der Waals surface area (Å²) in [7, 11) is -3.36. The Kier molecular flexibility index (Phi) is 6.47. The fourth-order valence-corrected chi connectivity index (χ4v) is 3.98. The second-order valence-electron chi connectivity index (χ2n) is 7.62. The topological polar surface area (TPSA) is 145 Å². The minimum Gasteiger partial charge on any atom is -0.368 e. The molecule has 35 heavy (non-hydrogen) atoms. The molecule has 0 radical (unpaired) electrons. The first-order valence-corrected chi connectivity index (χ1v) is 12.4. The molecule has 12 heteroatoms. The number of hydrogen-bond donors (Lipinski definition) is 3. The molecule has 0 saturated carbocycles. The number of aromatic nitrogens is 4. The molecule has 4 N–H and O–H groups in total. The van der Waals surface area contributed by atoms with Crippen LogP contribution in [-0.4, -0.2) is 40.5 Å². The molecule has 0 aliphatic rings. The van der Waals surface area contributed by atoms with Crippen LogP contribution >= 0.6 is 0 Å². The van der Waals surface area contributed by atoms with E-state index in [1.807, 2.05) is 6.92 Å². The molecule has 0 saturated heterocycles. The van der Waals surface area contributed by atoms with Crippen LogP contribution in [0, 0.1) is 5.82 Å². The number of nitrogen functional groups attached to an aromatic ring is 1. The number of carbonyl (C=O) groups is 1. The largest absolute Gasteiger partial charge is 0.368 e. The molecule has 4 rings (SSSR count). The van der Waals surface area contributed by atoms with E-state index in [-0.39, 0.29) is 16.5 Å². The highest BCUT2D eigenvalue weighted by Gasteiger charge is 2.17. The summed E-state index contributed by atoms with van der Waals surface area (Å²) in [6, 6.07) is 10.9. The number of nitrogens with two attached hydrogens (primary N) is 1. The first-order valence-electron chi connectivity index (χ1n) is 10.5. The van der Waals surface area contributed by atoms with E-state index in [1.165, 1.54) is 42.6 Å². The maximum Gasteiger partial charge on any atom is 0.323 e. The lowest BCUT2D eigenvalue weighted by Crippen LogP contribution is -2.20. The zero-order valence-corrected chi connectivity index (χ0v) is 19.7. The van der Waals surface area contributed by atoms with Gasteiger partial charge in [0.25, 0.3) is 0 Å². The van der Waals surface area contributed by atoms with Gasteiger partial charge in [0.05, 0.1) is 16.3 Å². The van der Waals surface area contributed by atoms with Crippen molar-refractivity contribution >= 4 is 33.2 Å². The average molecular weight is 496 g/mol. The van der Waals surface area contributed by atoms with Crippen LogP contribution in [0.15, 0.2) is 65.8 Å². The lowest BCUT2D eigenvalue weighted by molar-refractivity contribution is 0.262. The number of hydrogen-bond acceptors (Lipinski definition) is 7. The summed E-state index contributed by atoms with van der Waals surface area (Å²) in [6.07, 6.45) is 4.41. The number of urea groups is 1. The monoisotopic (exact) mass is 495 g/mol. The molecule has 0 aliphatic heterocycles. The molecule has 0 bridgehead atoms. The maximum absolute atomic E-state index is 14.5. The van der Waals surface area contributed by atoms with E-state index in [2.05, 4.69) is 25.7 Å². The zero-order valence-electron chi connectivity index (χ0n) is 18.9. The number of amides is 2. The van der Waals surface area contributed by atoms with Gasteiger partial charge in [0, 0.05) is 36.4 Å². The highest BCUT2D eigenvalue weighted by molar-refractivity contribution is 7.90. The zero-order chi connectivity index (χ0) is 25.2. The van der Waals surface area contributed by atoms with E-state index in [9.17, 15) is 17.6 Å². The molecule has 2 aromatic heterocycles. The lowest BCUT2D eigenvalue weighted by atomic mass is 10.0. The van der Waals surface area contributed by atoms with E-state index in [0.29, 0.717) is 34.7 Å². The first-order chi connectivity index (χ1) is 16.6. The Morgan fingerprint density at radius 2 is 1.86 bits per heavy atom. The summed E-state index contributed by atoms with van der Waals surface area (Å²) in [5.74, 6) is -0.533. The highest BCUT2D eigenvalue weighted by Crippen LogP contribution is 2.32. The first kappa shape index (κ1) is 23.8. The molecule has 180 valence electrons. The van der Waals surface area contributed by atoms with Crippen molar-refractivity contribution in [3.63, 3.8) is 0 Å². The Balaban J connectivity index is 1.60. The van der Waals surface area contributed by atoms with E-state index in [4.69, 9.17) is 5.73 Å². The highest BCUT2D eigenvalue weighted by atomic mass is 32.2. The molecule has 2 aromatic carbocycles. The van der Waals surface area contributed by atoms with E-state index in [0.717, 1.165) is 6.26 Å². The van der Waals surface area contributed by atoms with Gasteiger partial charge in [-0.1, -0.05) is 6.07 Å². The molecular formula is C23H22FN7O3S. The summed E-state index contributed by atoms with van der Waals surface area (Å²) in [4.78, 5) is 20.7. The van der Waals surface area contributed by atoms with Crippen molar-refractivity contribution in [2.75, 3.05) is 22.6 Å². The number of nitrogens with one attached hydrogen (secondary N) is 2. The predicted octanol–water partition coefficient (Wildman–Crippen LogP) is 3.80. The number of sulfone groups is 1. The summed E-state index contributed by atoms with van der Waals surface area (Å²) >= 11 is 0. The van der Waals surface area contributed by atoms with Crippen molar-refractivity contribution in [3.8, 4) is 22.5 Å². The summed E-state index contributed by atoms with van der Waals surface area (Å²) in [5, 5.41) is 9.58. The van der Waals surface area contributed by atoms with Gasteiger partial charge in [-0.3, -0.25) is 4.68 Å². The third-order valence-corrected chi connectivity index (χ3v) is 6.20. The molecule has 10 nitrogen and oxygen atoms in total. The number of halogens is 1. The van der Waals surface area contributed by atoms with Crippen LogP contribution in [0.1, 0.15) is 6.92 Å². The minimum absolute atomic E-state index is 0.0508. The van der Waals surface area contributed by atoms with Crippen LogP contribution < -0.4 is 16.4 Å². The van der Waals surface area contributed by atoms with Crippen LogP contribution in [-0.2, 0) is 16.4 Å². The second kappa shape index (κ2) is 9.50. The van der Waals surface area contributed by atoms with Gasteiger partial charge in [-0.15, -0.1) is 0 Å². The van der Waals surface area contributed by atoms with Gasteiger partial charge in [0.15, 0.2) is 9.84 Å². The van der Waals surface area contributed by atoms with Crippen molar-refractivity contribution in [3.05, 3.63) is 66.7 Å². The summed E-state index contributed by atoms with van der Waals surface area (Å²) in [5.41, 5.74) is 8.34. The molecule has 0 unspecified atom stereocenters. The smallest absolute Gasteiger partial charge is 0.323 e. The average Bonchev–Trinajstić information content (AvgIpc) is 3.25. The standard InChI is InChI=1S/C23H22FN7O3S/c1-3-31-13-17(21(30-31)19-10-11-26-22(25)28-19)14-4-9-18(24)20(12-14)29-23(32)27-15-5-7-16(8-6-15)35(2,33)34/h4-13H,3H2,1-2H3,(H2,25,26,28)(H2,27,29,32). The number of benzene rings is 2. The molecule has 2 amide bonds. The van der Waals surface area contributed by atoms with E-state index < -0.39 is 21.7 Å². The van der Waals surface area contributed by atoms with Crippen LogP contribution in [0.5, 0.6) is 0 Å². The van der Waals surface area contributed by atoms with E-state index >= 15 is 0 Å². The van der Waals surface area contributed by atoms with Crippen molar-refractivity contribution in [2.24, 2.45) is 0 Å². The third kappa shape index (κ3) is 5.44. The summed E-state index contributed by atoms with van der Waals surface area (Å²) < 4.78 is 39.4. The van der Waals surface area contributed by atoms with Gasteiger partial charge in [0.1, 0.15) is 11.5 Å². The van der Waals surface area contributed by atoms with Gasteiger partial charge in [-0.05, 0) is 55.0 Å². The molecule has 0 atom stereocenters. The summed E-state index contributed by atoms with van der Waals surface area (Å²) in [6.45, 7) is 2.53. The number of aryl methyl sites for hydroxylation is 1. The Bertz CT molecular complexity index is 1500. The van der Waals surface area contributed by atoms with Crippen molar-refractivity contribution in [2.45, 2.75) is 18.4 Å². The van der Waals surface area contributed by atoms with Gasteiger partial charge < -0.3 is 16.4 Å². The number of rotatable bonds is 6. The molecule has 0 spiro atoms. The SMILES string of the molecule is CCn1cc(-c2ccc(F)c(NC(=O)Nc3ccc(S(C)(=O)=O)cc3)c2)c(-c2ccnc(N)n2)n1. The van der Waals surface area contributed by atoms with Gasteiger partial charge >= 0.3 is 6.03 Å². The predicted molar refractivity (Wildman–Crippen MR) is 131 cm³/mol. The minimum atomic E-state index is -3.36. The lowest BCUT2D eigenvalue weighted by Gasteiger charge is -2.11. The van der Waals surface area contributed by atoms with Crippen molar-refractivity contribution in [1.82, 2.24) is 19.7 Å². The normalized spacial score (nSPS) is 11.3. The Hall–Kier alpha value is -4.32. The third-order valence-electron chi connectivity index (χ3n) is 5.07. The molecule has 4 aromatic rings. The Morgan fingerprint density at radius 1 is 1.11 bits per heavy atom. The fraction of sp³-hybridized carbons (Fsp3) is 0.130. The van der Waals surface area contributed by atoms with Crippen LogP contribution in [0.2, 0.25) is 0 Å². The molecule has 0 aliphatic carbocycles. The van der Waals surface area contributed by atoms with Gasteiger partial charge in [0.2, 0.25) is 5.95 Å². The maximum atomic E-state index is 14.5. The molecule has 0 fully saturated rings. The van der Waals surface area contributed by atoms with Crippen molar-refractivity contribution < 1.29 is 17.6 Å². The Labute approximate surface area is 201 Å². The van der Waals surface area contributed by atoms with Crippen LogP contribution in [0.25, 0.3) is 22.5 Å². The van der Waals surface area contributed by atoms with Crippen molar-refractivity contribution in [1.29, 1.82) is 0 Å². The quantitative estimate of drug-likeness (QED) is 0.369. The number of anilines is 3. The van der Waals surface area contributed by atoms with Gasteiger partial charge in [-0.2, -0.15) is 5.10 Å². The second-order valence-corrected chi connectivity index (χ2v) is 9.63. The fourth-order valence-electron chi connectivity index (χ4n) is 3.35. The van der Waals surface area contributed by atoms with Crippen LogP contribution in [0.3, 0.4) is 0 Å². The number of carbonyl (C=O) groups excluding carboxylic acids is 1. The van der Waals surface area contributed by atoms with Crippen LogP contribution in [0.4, 0.5) is 26.5 Å². The van der Waals surface area contributed by atoms with E-state index in [1.54, 1.807) is 23.0 Å². The Morgan fingerprint density at radius 3 is 2.51 bits per heavy atom. The molecule has 2 heterocycles. The van der Waals surface area contributed by atoms with Gasteiger partial charge in [-0.25, -0.2) is 27.6 Å². The number of nitrogens with zero attached hydrogens (tertiary/aromatic N) is 4.